The molecule has 0 bridgehead atoms. The second kappa shape index (κ2) is 5.52. The summed E-state index contributed by atoms with van der Waals surface area (Å²) in [4.78, 5) is 2.16. The van der Waals surface area contributed by atoms with E-state index in [2.05, 4.69) is 11.8 Å². The lowest BCUT2D eigenvalue weighted by Crippen LogP contribution is -2.36. The van der Waals surface area contributed by atoms with Crippen LogP contribution in [0.4, 0.5) is 0 Å². The Morgan fingerprint density at radius 3 is 2.36 bits per heavy atom. The molecule has 0 amide bonds. The number of nitrogens with two attached hydrogens (primary N) is 1. The summed E-state index contributed by atoms with van der Waals surface area (Å²) in [5.74, 6) is 0. The zero-order chi connectivity index (χ0) is 8.85. The molecule has 68 valence electrons. The van der Waals surface area contributed by atoms with E-state index in [1.165, 1.54) is 0 Å². The largest absolute Gasteiger partial charge is 0.393 e. The number of hydrogen-bond acceptors (Lipinski definition) is 3. The van der Waals surface area contributed by atoms with E-state index in [0.717, 1.165) is 13.0 Å². The first-order valence-electron chi connectivity index (χ1n) is 4.16. The average Bonchev–Trinajstić information content (AvgIpc) is 1.98. The van der Waals surface area contributed by atoms with E-state index in [9.17, 15) is 0 Å². The van der Waals surface area contributed by atoms with Gasteiger partial charge in [0.25, 0.3) is 0 Å². The SMILES string of the molecule is CC(O)CCN(C)C(C)CN. The molecule has 0 saturated carbocycles. The van der Waals surface area contributed by atoms with Crippen LogP contribution in [-0.2, 0) is 0 Å². The second-order valence-electron chi connectivity index (χ2n) is 3.20. The van der Waals surface area contributed by atoms with Crippen LogP contribution in [0.2, 0.25) is 0 Å². The van der Waals surface area contributed by atoms with Crippen LogP contribution in [0.15, 0.2) is 0 Å². The predicted octanol–water partition coefficient (Wildman–Crippen LogP) is 0.0363. The van der Waals surface area contributed by atoms with Gasteiger partial charge in [-0.3, -0.25) is 0 Å². The van der Waals surface area contributed by atoms with Gasteiger partial charge in [-0.15, -0.1) is 0 Å². The molecule has 3 nitrogen and oxygen atoms in total. The molecule has 3 N–H and O–H groups in total. The Hall–Kier alpha value is -0.120. The Labute approximate surface area is 69.2 Å². The standard InChI is InChI=1S/C8H20N2O/c1-7(6-9)10(3)5-4-8(2)11/h7-8,11H,4-6,9H2,1-3H3. The molecule has 0 spiro atoms. The van der Waals surface area contributed by atoms with Crippen LogP contribution in [0.25, 0.3) is 0 Å². The summed E-state index contributed by atoms with van der Waals surface area (Å²) in [6.45, 7) is 5.48. The predicted molar refractivity (Wildman–Crippen MR) is 47.4 cm³/mol. The number of aliphatic hydroxyl groups excluding tert-OH is 1. The zero-order valence-electron chi connectivity index (χ0n) is 7.75. The summed E-state index contributed by atoms with van der Waals surface area (Å²) < 4.78 is 0. The Balaban J connectivity index is 3.43. The summed E-state index contributed by atoms with van der Waals surface area (Å²) >= 11 is 0. The fourth-order valence-electron chi connectivity index (χ4n) is 0.791. The van der Waals surface area contributed by atoms with Crippen LogP contribution < -0.4 is 5.73 Å². The average molecular weight is 160 g/mol. The molecular formula is C8H20N2O. The third-order valence-corrected chi connectivity index (χ3v) is 1.99. The molecule has 0 aliphatic heterocycles. The Bertz CT molecular complexity index is 96.1. The molecule has 0 aromatic carbocycles. The van der Waals surface area contributed by atoms with Crippen molar-refractivity contribution in [2.45, 2.75) is 32.4 Å². The topological polar surface area (TPSA) is 49.5 Å². The zero-order valence-corrected chi connectivity index (χ0v) is 7.75. The highest BCUT2D eigenvalue weighted by Crippen LogP contribution is 1.97. The first-order chi connectivity index (χ1) is 5.07. The molecule has 0 radical (unpaired) electrons. The highest BCUT2D eigenvalue weighted by molar-refractivity contribution is 4.64. The van der Waals surface area contributed by atoms with Gasteiger partial charge < -0.3 is 15.7 Å². The summed E-state index contributed by atoms with van der Waals surface area (Å²) in [6.07, 6.45) is 0.614. The van der Waals surface area contributed by atoms with Crippen molar-refractivity contribution >= 4 is 0 Å². The molecule has 0 saturated heterocycles. The molecule has 0 aromatic heterocycles. The molecule has 0 rings (SSSR count). The van der Waals surface area contributed by atoms with Crippen molar-refractivity contribution < 1.29 is 5.11 Å². The minimum Gasteiger partial charge on any atom is -0.393 e. The van der Waals surface area contributed by atoms with E-state index >= 15 is 0 Å². The van der Waals surface area contributed by atoms with E-state index in [1.807, 2.05) is 7.05 Å². The Kier molecular flexibility index (Phi) is 5.46. The highest BCUT2D eigenvalue weighted by Gasteiger charge is 2.06. The second-order valence-corrected chi connectivity index (χ2v) is 3.20. The van der Waals surface area contributed by atoms with E-state index in [-0.39, 0.29) is 6.10 Å². The lowest BCUT2D eigenvalue weighted by atomic mass is 10.2. The van der Waals surface area contributed by atoms with Crippen molar-refractivity contribution in [2.75, 3.05) is 20.1 Å². The van der Waals surface area contributed by atoms with Crippen molar-refractivity contribution in [1.29, 1.82) is 0 Å². The highest BCUT2D eigenvalue weighted by atomic mass is 16.3. The summed E-state index contributed by atoms with van der Waals surface area (Å²) in [5.41, 5.74) is 5.48. The summed E-state index contributed by atoms with van der Waals surface area (Å²) in [5, 5.41) is 9.00. The van der Waals surface area contributed by atoms with Gasteiger partial charge in [-0.25, -0.2) is 0 Å². The van der Waals surface area contributed by atoms with Crippen LogP contribution in [0.1, 0.15) is 20.3 Å². The summed E-state index contributed by atoms with van der Waals surface area (Å²) in [7, 11) is 2.03. The smallest absolute Gasteiger partial charge is 0.0524 e. The van der Waals surface area contributed by atoms with Crippen molar-refractivity contribution in [3.8, 4) is 0 Å². The molecule has 0 aliphatic rings. The quantitative estimate of drug-likeness (QED) is 0.597. The Morgan fingerprint density at radius 1 is 1.45 bits per heavy atom. The maximum atomic E-state index is 9.00. The van der Waals surface area contributed by atoms with Crippen LogP contribution in [0, 0.1) is 0 Å². The number of rotatable bonds is 5. The first kappa shape index (κ1) is 10.9. The maximum Gasteiger partial charge on any atom is 0.0524 e. The minimum absolute atomic E-state index is 0.206. The fraction of sp³-hybridized carbons (Fsp3) is 1.00. The molecule has 0 heterocycles. The molecule has 3 heteroatoms. The van der Waals surface area contributed by atoms with E-state index in [0.29, 0.717) is 12.6 Å². The fourth-order valence-corrected chi connectivity index (χ4v) is 0.791. The van der Waals surface area contributed by atoms with Crippen molar-refractivity contribution in [1.82, 2.24) is 4.90 Å². The van der Waals surface area contributed by atoms with Gasteiger partial charge in [0.05, 0.1) is 6.10 Å². The minimum atomic E-state index is -0.206. The van der Waals surface area contributed by atoms with Gasteiger partial charge in [0, 0.05) is 19.1 Å². The molecule has 2 atom stereocenters. The van der Waals surface area contributed by atoms with Gasteiger partial charge in [0.15, 0.2) is 0 Å². The first-order valence-corrected chi connectivity index (χ1v) is 4.16. The third-order valence-electron chi connectivity index (χ3n) is 1.99. The molecule has 0 fully saturated rings. The van der Waals surface area contributed by atoms with Crippen LogP contribution in [-0.4, -0.2) is 42.3 Å². The molecule has 11 heavy (non-hydrogen) atoms. The third kappa shape index (κ3) is 5.18. The van der Waals surface area contributed by atoms with Gasteiger partial charge in [0.1, 0.15) is 0 Å². The summed E-state index contributed by atoms with van der Waals surface area (Å²) in [6, 6.07) is 0.411. The molecule has 2 unspecified atom stereocenters. The van der Waals surface area contributed by atoms with E-state index < -0.39 is 0 Å². The molecule has 0 aliphatic carbocycles. The van der Waals surface area contributed by atoms with E-state index in [4.69, 9.17) is 10.8 Å². The normalized spacial score (nSPS) is 16.9. The van der Waals surface area contributed by atoms with Crippen LogP contribution in [0.5, 0.6) is 0 Å². The van der Waals surface area contributed by atoms with Crippen molar-refractivity contribution in [3.05, 3.63) is 0 Å². The lowest BCUT2D eigenvalue weighted by Gasteiger charge is -2.23. The van der Waals surface area contributed by atoms with Crippen LogP contribution >= 0.6 is 0 Å². The van der Waals surface area contributed by atoms with Gasteiger partial charge in [-0.05, 0) is 27.3 Å². The van der Waals surface area contributed by atoms with Gasteiger partial charge in [-0.2, -0.15) is 0 Å². The lowest BCUT2D eigenvalue weighted by molar-refractivity contribution is 0.154. The van der Waals surface area contributed by atoms with Gasteiger partial charge in [0.2, 0.25) is 0 Å². The number of nitrogens with zero attached hydrogens (tertiary/aromatic N) is 1. The molecule has 0 aromatic rings. The van der Waals surface area contributed by atoms with E-state index in [1.54, 1.807) is 6.92 Å². The Morgan fingerprint density at radius 2 is 2.00 bits per heavy atom. The number of likely N-dealkylation sites (N-methyl/N-ethyl adjacent to an activating group) is 1. The van der Waals surface area contributed by atoms with Crippen molar-refractivity contribution in [3.63, 3.8) is 0 Å². The maximum absolute atomic E-state index is 9.00. The van der Waals surface area contributed by atoms with Gasteiger partial charge >= 0.3 is 0 Å². The monoisotopic (exact) mass is 160 g/mol. The molecular weight excluding hydrogens is 140 g/mol. The number of aliphatic hydroxyl groups is 1. The number of hydrogen-bond donors (Lipinski definition) is 2. The van der Waals surface area contributed by atoms with Crippen LogP contribution in [0.3, 0.4) is 0 Å². The van der Waals surface area contributed by atoms with Crippen molar-refractivity contribution in [2.24, 2.45) is 5.73 Å². The van der Waals surface area contributed by atoms with Gasteiger partial charge in [-0.1, -0.05) is 0 Å².